The molecule has 0 spiro atoms. The standard InChI is InChI=1S/C25H25FN6O2/c1-15(18-6-10-21(11-7-18)31-24(34)19-4-8-20(26)9-5-19)29-23(33)13-12-22-16(2)30-25-27-14-28-32(25)17(22)3/h4-11,14-15H,12-13H2,1-3H3,(H,29,33)(H,31,34). The normalized spacial score (nSPS) is 11.9. The lowest BCUT2D eigenvalue weighted by molar-refractivity contribution is -0.121. The first-order valence-corrected chi connectivity index (χ1v) is 10.9. The summed E-state index contributed by atoms with van der Waals surface area (Å²) in [4.78, 5) is 33.4. The Bertz CT molecular complexity index is 1330. The lowest BCUT2D eigenvalue weighted by atomic mass is 10.0. The van der Waals surface area contributed by atoms with Crippen LogP contribution in [0.25, 0.3) is 5.78 Å². The summed E-state index contributed by atoms with van der Waals surface area (Å²) in [6, 6.07) is 12.4. The van der Waals surface area contributed by atoms with Gasteiger partial charge in [0.15, 0.2) is 0 Å². The maximum atomic E-state index is 13.0. The number of benzene rings is 2. The van der Waals surface area contributed by atoms with Gasteiger partial charge in [-0.15, -0.1) is 0 Å². The number of hydrogen-bond acceptors (Lipinski definition) is 5. The summed E-state index contributed by atoms with van der Waals surface area (Å²) in [6.07, 6.45) is 2.33. The van der Waals surface area contributed by atoms with Gasteiger partial charge >= 0.3 is 0 Å². The van der Waals surface area contributed by atoms with Crippen LogP contribution >= 0.6 is 0 Å². The van der Waals surface area contributed by atoms with Gasteiger partial charge in [-0.1, -0.05) is 12.1 Å². The summed E-state index contributed by atoms with van der Waals surface area (Å²) < 4.78 is 14.7. The van der Waals surface area contributed by atoms with Gasteiger partial charge in [-0.2, -0.15) is 10.1 Å². The van der Waals surface area contributed by atoms with Crippen molar-refractivity contribution in [3.8, 4) is 0 Å². The average molecular weight is 461 g/mol. The Hall–Kier alpha value is -4.14. The monoisotopic (exact) mass is 460 g/mol. The first kappa shape index (κ1) is 23.0. The van der Waals surface area contributed by atoms with Gasteiger partial charge in [0.2, 0.25) is 5.91 Å². The Labute approximate surface area is 196 Å². The van der Waals surface area contributed by atoms with Crippen molar-refractivity contribution in [3.63, 3.8) is 0 Å². The van der Waals surface area contributed by atoms with Crippen LogP contribution in [0.1, 0.15) is 52.3 Å². The van der Waals surface area contributed by atoms with E-state index in [0.717, 1.165) is 22.5 Å². The van der Waals surface area contributed by atoms with Crippen molar-refractivity contribution in [1.29, 1.82) is 0 Å². The van der Waals surface area contributed by atoms with Crippen molar-refractivity contribution < 1.29 is 14.0 Å². The zero-order valence-electron chi connectivity index (χ0n) is 19.2. The van der Waals surface area contributed by atoms with Crippen LogP contribution in [0.2, 0.25) is 0 Å². The zero-order chi connectivity index (χ0) is 24.2. The van der Waals surface area contributed by atoms with E-state index in [1.165, 1.54) is 30.6 Å². The second-order valence-corrected chi connectivity index (χ2v) is 8.11. The van der Waals surface area contributed by atoms with E-state index < -0.39 is 5.82 Å². The van der Waals surface area contributed by atoms with Crippen molar-refractivity contribution in [1.82, 2.24) is 24.9 Å². The third-order valence-corrected chi connectivity index (χ3v) is 5.74. The van der Waals surface area contributed by atoms with E-state index in [1.807, 2.05) is 32.9 Å². The SMILES string of the molecule is Cc1nc2ncnn2c(C)c1CCC(=O)NC(C)c1ccc(NC(=O)c2ccc(F)cc2)cc1. The molecular formula is C25H25FN6O2. The topological polar surface area (TPSA) is 101 Å². The summed E-state index contributed by atoms with van der Waals surface area (Å²) in [6.45, 7) is 5.76. The van der Waals surface area contributed by atoms with E-state index in [9.17, 15) is 14.0 Å². The molecule has 0 aliphatic heterocycles. The number of carbonyl (C=O) groups is 2. The van der Waals surface area contributed by atoms with Crippen LogP contribution in [0, 0.1) is 19.7 Å². The first-order valence-electron chi connectivity index (χ1n) is 10.9. The third-order valence-electron chi connectivity index (χ3n) is 5.74. The van der Waals surface area contributed by atoms with E-state index in [2.05, 4.69) is 25.7 Å². The van der Waals surface area contributed by atoms with E-state index in [4.69, 9.17) is 0 Å². The van der Waals surface area contributed by atoms with Gasteiger partial charge in [-0.3, -0.25) is 9.59 Å². The predicted molar refractivity (Wildman–Crippen MR) is 126 cm³/mol. The van der Waals surface area contributed by atoms with Crippen LogP contribution in [0.15, 0.2) is 54.9 Å². The van der Waals surface area contributed by atoms with Crippen molar-refractivity contribution >= 4 is 23.3 Å². The van der Waals surface area contributed by atoms with Gasteiger partial charge in [0.25, 0.3) is 11.7 Å². The molecule has 4 aromatic rings. The molecule has 9 heteroatoms. The summed E-state index contributed by atoms with van der Waals surface area (Å²) in [5.74, 6) is -0.235. The molecule has 0 bridgehead atoms. The summed E-state index contributed by atoms with van der Waals surface area (Å²) in [5.41, 5.74) is 4.65. The predicted octanol–water partition coefficient (Wildman–Crippen LogP) is 3.94. The number of anilines is 1. The number of aryl methyl sites for hydroxylation is 2. The Morgan fingerprint density at radius 1 is 1.06 bits per heavy atom. The fraction of sp³-hybridized carbons (Fsp3) is 0.240. The minimum Gasteiger partial charge on any atom is -0.350 e. The Morgan fingerprint density at radius 3 is 2.47 bits per heavy atom. The second-order valence-electron chi connectivity index (χ2n) is 8.11. The van der Waals surface area contributed by atoms with E-state index >= 15 is 0 Å². The van der Waals surface area contributed by atoms with Crippen molar-refractivity contribution in [2.24, 2.45) is 0 Å². The molecule has 0 aliphatic rings. The van der Waals surface area contributed by atoms with Crippen molar-refractivity contribution in [2.45, 2.75) is 39.7 Å². The van der Waals surface area contributed by atoms with Crippen LogP contribution in [-0.2, 0) is 11.2 Å². The van der Waals surface area contributed by atoms with Crippen LogP contribution < -0.4 is 10.6 Å². The van der Waals surface area contributed by atoms with Gasteiger partial charge in [0.1, 0.15) is 12.1 Å². The fourth-order valence-corrected chi connectivity index (χ4v) is 3.81. The molecule has 2 N–H and O–H groups in total. The third kappa shape index (κ3) is 5.09. The molecule has 2 amide bonds. The maximum Gasteiger partial charge on any atom is 0.255 e. The molecule has 0 saturated heterocycles. The summed E-state index contributed by atoms with van der Waals surface area (Å²) in [7, 11) is 0. The van der Waals surface area contributed by atoms with Gasteiger partial charge < -0.3 is 10.6 Å². The molecule has 0 aliphatic carbocycles. The number of nitrogens with one attached hydrogen (secondary N) is 2. The largest absolute Gasteiger partial charge is 0.350 e. The number of rotatable bonds is 7. The number of nitrogens with zero attached hydrogens (tertiary/aromatic N) is 4. The molecule has 4 rings (SSSR count). The molecule has 34 heavy (non-hydrogen) atoms. The lowest BCUT2D eigenvalue weighted by Crippen LogP contribution is -2.27. The number of fused-ring (bicyclic) bond motifs is 1. The highest BCUT2D eigenvalue weighted by atomic mass is 19.1. The first-order chi connectivity index (χ1) is 16.3. The van der Waals surface area contributed by atoms with Crippen molar-refractivity contribution in [2.75, 3.05) is 5.32 Å². The summed E-state index contributed by atoms with van der Waals surface area (Å²) >= 11 is 0. The highest BCUT2D eigenvalue weighted by molar-refractivity contribution is 6.04. The Balaban J connectivity index is 1.32. The van der Waals surface area contributed by atoms with Gasteiger partial charge in [-0.05, 0) is 74.7 Å². The molecule has 8 nitrogen and oxygen atoms in total. The number of hydrogen-bond donors (Lipinski definition) is 2. The lowest BCUT2D eigenvalue weighted by Gasteiger charge is -2.16. The molecule has 174 valence electrons. The molecule has 2 heterocycles. The fourth-order valence-electron chi connectivity index (χ4n) is 3.81. The molecule has 0 saturated carbocycles. The molecule has 1 atom stereocenters. The zero-order valence-corrected chi connectivity index (χ0v) is 19.2. The number of halogens is 1. The molecular weight excluding hydrogens is 435 g/mol. The molecule has 0 radical (unpaired) electrons. The molecule has 1 unspecified atom stereocenters. The van der Waals surface area contributed by atoms with Crippen LogP contribution in [0.4, 0.5) is 10.1 Å². The van der Waals surface area contributed by atoms with Crippen LogP contribution in [-0.4, -0.2) is 31.4 Å². The molecule has 0 fully saturated rings. The molecule has 2 aromatic carbocycles. The van der Waals surface area contributed by atoms with Crippen LogP contribution in [0.5, 0.6) is 0 Å². The quantitative estimate of drug-likeness (QED) is 0.435. The Morgan fingerprint density at radius 2 is 1.76 bits per heavy atom. The Kier molecular flexibility index (Phi) is 6.62. The molecule has 2 aromatic heterocycles. The second kappa shape index (κ2) is 9.78. The van der Waals surface area contributed by atoms with Crippen LogP contribution in [0.3, 0.4) is 0 Å². The van der Waals surface area contributed by atoms with Gasteiger partial charge in [0.05, 0.1) is 6.04 Å². The number of aromatic nitrogens is 4. The van der Waals surface area contributed by atoms with E-state index in [0.29, 0.717) is 29.9 Å². The number of amides is 2. The maximum absolute atomic E-state index is 13.0. The minimum atomic E-state index is -0.393. The van der Waals surface area contributed by atoms with E-state index in [1.54, 1.807) is 16.6 Å². The minimum absolute atomic E-state index is 0.0707. The average Bonchev–Trinajstić information content (AvgIpc) is 3.28. The van der Waals surface area contributed by atoms with Gasteiger partial charge in [0, 0.05) is 29.1 Å². The highest BCUT2D eigenvalue weighted by Gasteiger charge is 2.15. The smallest absolute Gasteiger partial charge is 0.255 e. The van der Waals surface area contributed by atoms with Crippen molar-refractivity contribution in [3.05, 3.63) is 88.8 Å². The van der Waals surface area contributed by atoms with Gasteiger partial charge in [-0.25, -0.2) is 13.9 Å². The van der Waals surface area contributed by atoms with E-state index in [-0.39, 0.29) is 17.9 Å². The highest BCUT2D eigenvalue weighted by Crippen LogP contribution is 2.18. The summed E-state index contributed by atoms with van der Waals surface area (Å²) in [5, 5.41) is 9.97. The number of carbonyl (C=O) groups excluding carboxylic acids is 2.